The molecule has 1 aromatic carbocycles. The van der Waals surface area contributed by atoms with Crippen molar-refractivity contribution in [3.63, 3.8) is 0 Å². The van der Waals surface area contributed by atoms with Crippen molar-refractivity contribution in [2.75, 3.05) is 6.54 Å². The summed E-state index contributed by atoms with van der Waals surface area (Å²) in [6.45, 7) is 1.37. The first-order valence-electron chi connectivity index (χ1n) is 6.19. The van der Waals surface area contributed by atoms with Crippen molar-refractivity contribution in [1.29, 1.82) is 0 Å². The SMILES string of the molecule is Cn1cnc2c1CN(C(=O)c1ccc(Br)cc1)CC2. The molecule has 0 radical (unpaired) electrons. The van der Waals surface area contributed by atoms with Gasteiger partial charge in [-0.05, 0) is 24.3 Å². The van der Waals surface area contributed by atoms with E-state index in [1.807, 2.05) is 47.1 Å². The van der Waals surface area contributed by atoms with Crippen LogP contribution >= 0.6 is 15.9 Å². The van der Waals surface area contributed by atoms with Gasteiger partial charge in [0.25, 0.3) is 5.91 Å². The monoisotopic (exact) mass is 319 g/mol. The number of amides is 1. The predicted octanol–water partition coefficient (Wildman–Crippen LogP) is 2.38. The van der Waals surface area contributed by atoms with Crippen LogP contribution in [-0.4, -0.2) is 26.9 Å². The van der Waals surface area contributed by atoms with Gasteiger partial charge in [-0.2, -0.15) is 0 Å². The molecule has 0 unspecified atom stereocenters. The second kappa shape index (κ2) is 4.81. The molecule has 1 aromatic heterocycles. The number of nitrogens with zero attached hydrogens (tertiary/aromatic N) is 3. The molecule has 0 spiro atoms. The Labute approximate surface area is 120 Å². The van der Waals surface area contributed by atoms with E-state index < -0.39 is 0 Å². The van der Waals surface area contributed by atoms with Gasteiger partial charge < -0.3 is 9.47 Å². The number of carbonyl (C=O) groups excluding carboxylic acids is 1. The highest BCUT2D eigenvalue weighted by Crippen LogP contribution is 2.19. The molecular weight excluding hydrogens is 306 g/mol. The molecule has 0 bridgehead atoms. The van der Waals surface area contributed by atoms with Crippen LogP contribution in [0.2, 0.25) is 0 Å². The molecule has 0 fully saturated rings. The van der Waals surface area contributed by atoms with E-state index in [1.54, 1.807) is 0 Å². The Balaban J connectivity index is 1.83. The first-order chi connectivity index (χ1) is 9.15. The van der Waals surface area contributed by atoms with E-state index in [4.69, 9.17) is 0 Å². The average molecular weight is 320 g/mol. The minimum Gasteiger partial charge on any atom is -0.336 e. The number of aromatic nitrogens is 2. The number of halogens is 1. The number of fused-ring (bicyclic) bond motifs is 1. The number of hydrogen-bond donors (Lipinski definition) is 0. The Kier molecular flexibility index (Phi) is 3.14. The minimum absolute atomic E-state index is 0.0827. The zero-order valence-electron chi connectivity index (χ0n) is 10.6. The summed E-state index contributed by atoms with van der Waals surface area (Å²) in [4.78, 5) is 18.7. The van der Waals surface area contributed by atoms with Crippen molar-refractivity contribution in [3.8, 4) is 0 Å². The van der Waals surface area contributed by atoms with Crippen LogP contribution in [0.5, 0.6) is 0 Å². The lowest BCUT2D eigenvalue weighted by Crippen LogP contribution is -2.36. The highest BCUT2D eigenvalue weighted by atomic mass is 79.9. The maximum Gasteiger partial charge on any atom is 0.254 e. The second-order valence-electron chi connectivity index (χ2n) is 4.73. The number of rotatable bonds is 1. The first kappa shape index (κ1) is 12.4. The third-order valence-electron chi connectivity index (χ3n) is 3.48. The van der Waals surface area contributed by atoms with E-state index in [-0.39, 0.29) is 5.91 Å². The molecule has 0 saturated heterocycles. The van der Waals surface area contributed by atoms with Crippen LogP contribution in [0.1, 0.15) is 21.7 Å². The van der Waals surface area contributed by atoms with Crippen molar-refractivity contribution in [1.82, 2.24) is 14.5 Å². The molecule has 0 N–H and O–H groups in total. The molecule has 0 atom stereocenters. The largest absolute Gasteiger partial charge is 0.336 e. The summed E-state index contributed by atoms with van der Waals surface area (Å²) in [6.07, 6.45) is 2.65. The van der Waals surface area contributed by atoms with E-state index in [1.165, 1.54) is 0 Å². The number of carbonyl (C=O) groups is 1. The smallest absolute Gasteiger partial charge is 0.254 e. The maximum atomic E-state index is 12.4. The number of benzene rings is 1. The van der Waals surface area contributed by atoms with Crippen LogP contribution in [0.4, 0.5) is 0 Å². The zero-order chi connectivity index (χ0) is 13.4. The van der Waals surface area contributed by atoms with Crippen LogP contribution in [0.25, 0.3) is 0 Å². The molecule has 19 heavy (non-hydrogen) atoms. The van der Waals surface area contributed by atoms with Crippen LogP contribution in [-0.2, 0) is 20.0 Å². The van der Waals surface area contributed by atoms with Gasteiger partial charge in [0.2, 0.25) is 0 Å². The fourth-order valence-electron chi connectivity index (χ4n) is 2.36. The standard InChI is InChI=1S/C14H14BrN3O/c1-17-9-16-12-6-7-18(8-13(12)17)14(19)10-2-4-11(15)5-3-10/h2-5,9H,6-8H2,1H3. The van der Waals surface area contributed by atoms with Crippen molar-refractivity contribution < 1.29 is 4.79 Å². The molecule has 1 aliphatic rings. The molecule has 3 rings (SSSR count). The molecular formula is C14H14BrN3O. The van der Waals surface area contributed by atoms with Crippen LogP contribution in [0.15, 0.2) is 35.1 Å². The van der Waals surface area contributed by atoms with Crippen molar-refractivity contribution >= 4 is 21.8 Å². The fraction of sp³-hybridized carbons (Fsp3) is 0.286. The summed E-state index contributed by atoms with van der Waals surface area (Å²) < 4.78 is 2.98. The van der Waals surface area contributed by atoms with E-state index in [0.717, 1.165) is 34.4 Å². The van der Waals surface area contributed by atoms with E-state index >= 15 is 0 Å². The zero-order valence-corrected chi connectivity index (χ0v) is 12.2. The molecule has 1 aliphatic heterocycles. The molecule has 2 heterocycles. The Bertz CT molecular complexity index is 618. The molecule has 0 aliphatic carbocycles. The quantitative estimate of drug-likeness (QED) is 0.809. The summed E-state index contributed by atoms with van der Waals surface area (Å²) in [5.41, 5.74) is 2.98. The normalized spacial score (nSPS) is 14.3. The Morgan fingerprint density at radius 3 is 2.79 bits per heavy atom. The van der Waals surface area contributed by atoms with Gasteiger partial charge in [0.05, 0.1) is 24.3 Å². The summed E-state index contributed by atoms with van der Waals surface area (Å²) in [7, 11) is 1.97. The number of hydrogen-bond acceptors (Lipinski definition) is 2. The van der Waals surface area contributed by atoms with Crippen LogP contribution in [0, 0.1) is 0 Å². The highest BCUT2D eigenvalue weighted by molar-refractivity contribution is 9.10. The Hall–Kier alpha value is -1.62. The van der Waals surface area contributed by atoms with Gasteiger partial charge in [0.15, 0.2) is 0 Å². The van der Waals surface area contributed by atoms with Crippen LogP contribution < -0.4 is 0 Å². The molecule has 2 aromatic rings. The van der Waals surface area contributed by atoms with Gasteiger partial charge in [-0.3, -0.25) is 4.79 Å². The van der Waals surface area contributed by atoms with E-state index in [9.17, 15) is 4.79 Å². The van der Waals surface area contributed by atoms with Crippen molar-refractivity contribution in [2.45, 2.75) is 13.0 Å². The lowest BCUT2D eigenvalue weighted by Gasteiger charge is -2.27. The summed E-state index contributed by atoms with van der Waals surface area (Å²) in [6, 6.07) is 7.50. The Morgan fingerprint density at radius 1 is 1.32 bits per heavy atom. The highest BCUT2D eigenvalue weighted by Gasteiger charge is 2.24. The molecule has 5 heteroatoms. The van der Waals surface area contributed by atoms with Crippen molar-refractivity contribution in [3.05, 3.63) is 52.0 Å². The molecule has 98 valence electrons. The topological polar surface area (TPSA) is 38.1 Å². The molecule has 0 saturated carbocycles. The lowest BCUT2D eigenvalue weighted by molar-refractivity contribution is 0.0730. The first-order valence-corrected chi connectivity index (χ1v) is 6.98. The van der Waals surface area contributed by atoms with Gasteiger partial charge in [-0.1, -0.05) is 15.9 Å². The summed E-state index contributed by atoms with van der Waals surface area (Å²) >= 11 is 3.38. The summed E-state index contributed by atoms with van der Waals surface area (Å²) in [5, 5.41) is 0. The lowest BCUT2D eigenvalue weighted by atomic mass is 10.1. The van der Waals surface area contributed by atoms with Crippen molar-refractivity contribution in [2.24, 2.45) is 7.05 Å². The van der Waals surface area contributed by atoms with Gasteiger partial charge in [-0.25, -0.2) is 4.98 Å². The third kappa shape index (κ3) is 2.30. The number of aryl methyl sites for hydroxylation is 1. The fourth-order valence-corrected chi connectivity index (χ4v) is 2.63. The average Bonchev–Trinajstić information content (AvgIpc) is 2.80. The second-order valence-corrected chi connectivity index (χ2v) is 5.65. The molecule has 4 nitrogen and oxygen atoms in total. The Morgan fingerprint density at radius 2 is 2.05 bits per heavy atom. The third-order valence-corrected chi connectivity index (χ3v) is 4.01. The van der Waals surface area contributed by atoms with Gasteiger partial charge in [-0.15, -0.1) is 0 Å². The van der Waals surface area contributed by atoms with Gasteiger partial charge in [0.1, 0.15) is 0 Å². The van der Waals surface area contributed by atoms with E-state index in [2.05, 4.69) is 20.9 Å². The molecule has 1 amide bonds. The predicted molar refractivity (Wildman–Crippen MR) is 75.8 cm³/mol. The summed E-state index contributed by atoms with van der Waals surface area (Å²) in [5.74, 6) is 0.0827. The van der Waals surface area contributed by atoms with E-state index in [0.29, 0.717) is 6.54 Å². The minimum atomic E-state index is 0.0827. The van der Waals surface area contributed by atoms with Gasteiger partial charge >= 0.3 is 0 Å². The van der Waals surface area contributed by atoms with Crippen LogP contribution in [0.3, 0.4) is 0 Å². The maximum absolute atomic E-state index is 12.4. The number of imidazole rings is 1. The van der Waals surface area contributed by atoms with Gasteiger partial charge in [0, 0.05) is 30.0 Å².